The number of hydrogen-bond donors (Lipinski definition) is 1. The van der Waals surface area contributed by atoms with Crippen LogP contribution in [-0.4, -0.2) is 36.5 Å². The van der Waals surface area contributed by atoms with Crippen molar-refractivity contribution in [1.29, 1.82) is 0 Å². The summed E-state index contributed by atoms with van der Waals surface area (Å²) in [5.74, 6) is 0.330. The van der Waals surface area contributed by atoms with Gasteiger partial charge in [0.15, 0.2) is 0 Å². The molecule has 16 heavy (non-hydrogen) atoms. The highest BCUT2D eigenvalue weighted by Crippen LogP contribution is 2.08. The van der Waals surface area contributed by atoms with E-state index in [-0.39, 0.29) is 0 Å². The third-order valence-electron chi connectivity index (χ3n) is 3.36. The maximum absolute atomic E-state index is 11.8. The maximum Gasteiger partial charge on any atom is 0.223 e. The standard InChI is InChI=1S/C13H26N2O/c1-3-7-12(4-2)14-9-8-13(16)15-10-5-6-11-15/h12,14H,3-11H2,1-2H3. The largest absolute Gasteiger partial charge is 0.343 e. The topological polar surface area (TPSA) is 32.3 Å². The zero-order valence-electron chi connectivity index (χ0n) is 10.8. The fraction of sp³-hybridized carbons (Fsp3) is 0.923. The van der Waals surface area contributed by atoms with Crippen molar-refractivity contribution < 1.29 is 4.79 Å². The fourth-order valence-electron chi connectivity index (χ4n) is 2.31. The van der Waals surface area contributed by atoms with Crippen LogP contribution in [0.1, 0.15) is 52.4 Å². The second kappa shape index (κ2) is 7.66. The van der Waals surface area contributed by atoms with Gasteiger partial charge in [-0.05, 0) is 25.7 Å². The lowest BCUT2D eigenvalue weighted by molar-refractivity contribution is -0.130. The maximum atomic E-state index is 11.8. The molecule has 1 aliphatic heterocycles. The minimum Gasteiger partial charge on any atom is -0.343 e. The summed E-state index contributed by atoms with van der Waals surface area (Å²) >= 11 is 0. The van der Waals surface area contributed by atoms with Gasteiger partial charge < -0.3 is 10.2 Å². The Hall–Kier alpha value is -0.570. The average molecular weight is 226 g/mol. The fourth-order valence-corrected chi connectivity index (χ4v) is 2.31. The van der Waals surface area contributed by atoms with E-state index in [0.29, 0.717) is 18.4 Å². The molecule has 1 atom stereocenters. The first kappa shape index (κ1) is 13.5. The molecule has 0 saturated carbocycles. The number of nitrogens with zero attached hydrogens (tertiary/aromatic N) is 1. The van der Waals surface area contributed by atoms with Crippen LogP contribution in [0.4, 0.5) is 0 Å². The average Bonchev–Trinajstić information content (AvgIpc) is 2.81. The highest BCUT2D eigenvalue weighted by atomic mass is 16.2. The Morgan fingerprint density at radius 3 is 2.56 bits per heavy atom. The third-order valence-corrected chi connectivity index (χ3v) is 3.36. The van der Waals surface area contributed by atoms with Crippen LogP contribution in [0.3, 0.4) is 0 Å². The van der Waals surface area contributed by atoms with Gasteiger partial charge in [-0.2, -0.15) is 0 Å². The molecular weight excluding hydrogens is 200 g/mol. The Bertz CT molecular complexity index is 200. The van der Waals surface area contributed by atoms with Crippen molar-refractivity contribution in [1.82, 2.24) is 10.2 Å². The van der Waals surface area contributed by atoms with Crippen molar-refractivity contribution in [2.75, 3.05) is 19.6 Å². The summed E-state index contributed by atoms with van der Waals surface area (Å²) in [4.78, 5) is 13.8. The lowest BCUT2D eigenvalue weighted by Gasteiger charge is -2.18. The molecular formula is C13H26N2O. The van der Waals surface area contributed by atoms with Gasteiger partial charge in [0.2, 0.25) is 5.91 Å². The zero-order chi connectivity index (χ0) is 11.8. The summed E-state index contributed by atoms with van der Waals surface area (Å²) in [7, 11) is 0. The van der Waals surface area contributed by atoms with E-state index in [1.807, 2.05) is 4.90 Å². The monoisotopic (exact) mass is 226 g/mol. The number of hydrogen-bond acceptors (Lipinski definition) is 2. The molecule has 1 fully saturated rings. The van der Waals surface area contributed by atoms with Crippen LogP contribution in [-0.2, 0) is 4.79 Å². The second-order valence-corrected chi connectivity index (χ2v) is 4.69. The van der Waals surface area contributed by atoms with Crippen LogP contribution in [0.25, 0.3) is 0 Å². The lowest BCUT2D eigenvalue weighted by atomic mass is 10.1. The van der Waals surface area contributed by atoms with Crippen molar-refractivity contribution in [3.8, 4) is 0 Å². The van der Waals surface area contributed by atoms with Crippen molar-refractivity contribution in [3.05, 3.63) is 0 Å². The first-order valence-electron chi connectivity index (χ1n) is 6.79. The Labute approximate surface area is 99.6 Å². The van der Waals surface area contributed by atoms with Crippen molar-refractivity contribution in [3.63, 3.8) is 0 Å². The van der Waals surface area contributed by atoms with E-state index in [1.54, 1.807) is 0 Å². The molecule has 0 radical (unpaired) electrons. The molecule has 1 unspecified atom stereocenters. The van der Waals surface area contributed by atoms with Gasteiger partial charge in [-0.25, -0.2) is 0 Å². The number of amides is 1. The number of carbonyl (C=O) groups excluding carboxylic acids is 1. The summed E-state index contributed by atoms with van der Waals surface area (Å²) in [5, 5.41) is 3.48. The van der Waals surface area contributed by atoms with E-state index in [0.717, 1.165) is 26.1 Å². The van der Waals surface area contributed by atoms with Gasteiger partial charge in [0.1, 0.15) is 0 Å². The van der Waals surface area contributed by atoms with Gasteiger partial charge >= 0.3 is 0 Å². The highest BCUT2D eigenvalue weighted by Gasteiger charge is 2.17. The normalized spacial score (nSPS) is 17.8. The molecule has 3 nitrogen and oxygen atoms in total. The van der Waals surface area contributed by atoms with Gasteiger partial charge in [0.25, 0.3) is 0 Å². The first-order chi connectivity index (χ1) is 7.77. The molecule has 1 heterocycles. The summed E-state index contributed by atoms with van der Waals surface area (Å²) in [5.41, 5.74) is 0. The third kappa shape index (κ3) is 4.52. The van der Waals surface area contributed by atoms with Gasteiger partial charge in [0.05, 0.1) is 0 Å². The predicted molar refractivity (Wildman–Crippen MR) is 67.4 cm³/mol. The van der Waals surface area contributed by atoms with Crippen LogP contribution in [0.5, 0.6) is 0 Å². The van der Waals surface area contributed by atoms with Crippen molar-refractivity contribution >= 4 is 5.91 Å². The predicted octanol–water partition coefficient (Wildman–Crippen LogP) is 2.17. The van der Waals surface area contributed by atoms with Crippen molar-refractivity contribution in [2.24, 2.45) is 0 Å². The number of likely N-dealkylation sites (tertiary alicyclic amines) is 1. The summed E-state index contributed by atoms with van der Waals surface area (Å²) < 4.78 is 0. The summed E-state index contributed by atoms with van der Waals surface area (Å²) in [6.07, 6.45) is 6.63. The smallest absolute Gasteiger partial charge is 0.223 e. The minimum atomic E-state index is 0.330. The number of nitrogens with one attached hydrogen (secondary N) is 1. The molecule has 0 bridgehead atoms. The molecule has 0 spiro atoms. The Morgan fingerprint density at radius 1 is 1.31 bits per heavy atom. The molecule has 94 valence electrons. The molecule has 0 aromatic heterocycles. The molecule has 1 rings (SSSR count). The lowest BCUT2D eigenvalue weighted by Crippen LogP contribution is -2.34. The molecule has 3 heteroatoms. The zero-order valence-corrected chi connectivity index (χ0v) is 10.8. The van der Waals surface area contributed by atoms with E-state index in [2.05, 4.69) is 19.2 Å². The van der Waals surface area contributed by atoms with Crippen LogP contribution >= 0.6 is 0 Å². The molecule has 1 aliphatic rings. The number of rotatable bonds is 7. The first-order valence-corrected chi connectivity index (χ1v) is 6.79. The Balaban J connectivity index is 2.11. The van der Waals surface area contributed by atoms with E-state index in [1.165, 1.54) is 25.7 Å². The van der Waals surface area contributed by atoms with Gasteiger partial charge in [-0.15, -0.1) is 0 Å². The Morgan fingerprint density at radius 2 is 2.00 bits per heavy atom. The summed E-state index contributed by atoms with van der Waals surface area (Å²) in [6.45, 7) is 7.21. The van der Waals surface area contributed by atoms with E-state index in [4.69, 9.17) is 0 Å². The van der Waals surface area contributed by atoms with Crippen LogP contribution < -0.4 is 5.32 Å². The number of carbonyl (C=O) groups is 1. The van der Waals surface area contributed by atoms with E-state index < -0.39 is 0 Å². The SMILES string of the molecule is CCCC(CC)NCCC(=O)N1CCCC1. The molecule has 1 N–H and O–H groups in total. The van der Waals surface area contributed by atoms with Gasteiger partial charge in [-0.1, -0.05) is 20.3 Å². The van der Waals surface area contributed by atoms with E-state index in [9.17, 15) is 4.79 Å². The van der Waals surface area contributed by atoms with Crippen molar-refractivity contribution in [2.45, 2.75) is 58.4 Å². The second-order valence-electron chi connectivity index (χ2n) is 4.69. The highest BCUT2D eigenvalue weighted by molar-refractivity contribution is 5.76. The van der Waals surface area contributed by atoms with Gasteiger partial charge in [-0.3, -0.25) is 4.79 Å². The summed E-state index contributed by atoms with van der Waals surface area (Å²) in [6, 6.07) is 0.594. The van der Waals surface area contributed by atoms with Crippen LogP contribution in [0.2, 0.25) is 0 Å². The van der Waals surface area contributed by atoms with Crippen LogP contribution in [0.15, 0.2) is 0 Å². The quantitative estimate of drug-likeness (QED) is 0.721. The molecule has 0 aromatic rings. The van der Waals surface area contributed by atoms with Crippen LogP contribution in [0, 0.1) is 0 Å². The molecule has 1 amide bonds. The Kier molecular flexibility index (Phi) is 6.46. The molecule has 0 aliphatic carbocycles. The van der Waals surface area contributed by atoms with E-state index >= 15 is 0 Å². The minimum absolute atomic E-state index is 0.330. The molecule has 0 aromatic carbocycles. The molecule has 1 saturated heterocycles. The van der Waals surface area contributed by atoms with Gasteiger partial charge in [0, 0.05) is 32.1 Å².